The minimum absolute atomic E-state index is 0.0516. The van der Waals surface area contributed by atoms with Crippen molar-refractivity contribution in [3.63, 3.8) is 0 Å². The molecule has 0 fully saturated rings. The first-order chi connectivity index (χ1) is 18.5. The second-order valence-corrected chi connectivity index (χ2v) is 8.29. The van der Waals surface area contributed by atoms with E-state index >= 15 is 0 Å². The molecule has 2 N–H and O–H groups in total. The van der Waals surface area contributed by atoms with Crippen molar-refractivity contribution in [3.8, 4) is 23.3 Å². The highest BCUT2D eigenvalue weighted by molar-refractivity contribution is 6.07. The number of hydrogen-bond donors (Lipinski definition) is 1. The number of aromatic nitrogens is 2. The van der Waals surface area contributed by atoms with Gasteiger partial charge in [-0.1, -0.05) is 30.3 Å². The number of nitriles is 1. The van der Waals surface area contributed by atoms with Crippen LogP contribution < -0.4 is 20.1 Å². The molecule has 5 rings (SSSR count). The number of nitrogens with two attached hydrogens (primary N) is 1. The minimum atomic E-state index is -0.979. The van der Waals surface area contributed by atoms with Crippen LogP contribution in [0, 0.1) is 11.3 Å². The lowest BCUT2D eigenvalue weighted by Crippen LogP contribution is -2.41. The fourth-order valence-electron chi connectivity index (χ4n) is 4.62. The second-order valence-electron chi connectivity index (χ2n) is 8.29. The van der Waals surface area contributed by atoms with Gasteiger partial charge >= 0.3 is 11.9 Å². The minimum Gasteiger partial charge on any atom is -0.486 e. The third-order valence-electron chi connectivity index (χ3n) is 6.27. The lowest BCUT2D eigenvalue weighted by molar-refractivity contribution is -0.139. The highest BCUT2D eigenvalue weighted by Crippen LogP contribution is 2.47. The Balaban J connectivity index is 1.87. The van der Waals surface area contributed by atoms with Gasteiger partial charge in [0, 0.05) is 24.5 Å². The first-order valence-corrected chi connectivity index (χ1v) is 11.6. The molecule has 0 saturated carbocycles. The summed E-state index contributed by atoms with van der Waals surface area (Å²) in [5.41, 5.74) is 7.83. The van der Waals surface area contributed by atoms with Crippen molar-refractivity contribution in [1.82, 2.24) is 9.55 Å². The van der Waals surface area contributed by atoms with Crippen molar-refractivity contribution in [1.29, 1.82) is 5.26 Å². The highest BCUT2D eigenvalue weighted by atomic mass is 16.6. The van der Waals surface area contributed by atoms with Gasteiger partial charge < -0.3 is 29.2 Å². The number of ether oxygens (including phenoxy) is 4. The van der Waals surface area contributed by atoms with Gasteiger partial charge in [0.2, 0.25) is 0 Å². The molecule has 0 saturated heterocycles. The van der Waals surface area contributed by atoms with Crippen LogP contribution in [-0.2, 0) is 19.1 Å². The zero-order valence-corrected chi connectivity index (χ0v) is 20.6. The Labute approximate surface area is 217 Å². The fourth-order valence-corrected chi connectivity index (χ4v) is 4.62. The summed E-state index contributed by atoms with van der Waals surface area (Å²) < 4.78 is 23.5. The molecule has 192 valence electrons. The Bertz CT molecular complexity index is 1500. The van der Waals surface area contributed by atoms with Crippen molar-refractivity contribution in [2.24, 2.45) is 5.73 Å². The average molecular weight is 514 g/mol. The number of esters is 2. The van der Waals surface area contributed by atoms with Crippen molar-refractivity contribution < 1.29 is 28.5 Å². The van der Waals surface area contributed by atoms with Crippen LogP contribution in [0.25, 0.3) is 5.69 Å². The van der Waals surface area contributed by atoms with Crippen LogP contribution in [0.4, 0.5) is 5.69 Å². The lowest BCUT2D eigenvalue weighted by atomic mass is 9.81. The molecule has 2 aromatic carbocycles. The van der Waals surface area contributed by atoms with Crippen LogP contribution in [0.15, 0.2) is 83.8 Å². The van der Waals surface area contributed by atoms with E-state index in [-0.39, 0.29) is 22.7 Å². The Morgan fingerprint density at radius 1 is 1.05 bits per heavy atom. The van der Waals surface area contributed by atoms with Gasteiger partial charge in [-0.3, -0.25) is 4.90 Å². The van der Waals surface area contributed by atoms with Gasteiger partial charge in [0.15, 0.2) is 11.5 Å². The molecule has 2 aliphatic heterocycles. The maximum atomic E-state index is 13.4. The summed E-state index contributed by atoms with van der Waals surface area (Å²) in [5.74, 6) is -1.83. The molecule has 38 heavy (non-hydrogen) atoms. The summed E-state index contributed by atoms with van der Waals surface area (Å²) in [6, 6.07) is 14.3. The predicted molar refractivity (Wildman–Crippen MR) is 134 cm³/mol. The zero-order chi connectivity index (χ0) is 26.8. The van der Waals surface area contributed by atoms with Crippen LogP contribution in [0.5, 0.6) is 11.5 Å². The van der Waals surface area contributed by atoms with Crippen molar-refractivity contribution >= 4 is 17.6 Å². The summed E-state index contributed by atoms with van der Waals surface area (Å²) in [6.07, 6.45) is 4.83. The smallest absolute Gasteiger partial charge is 0.355 e. The van der Waals surface area contributed by atoms with Crippen LogP contribution in [-0.4, -0.2) is 48.9 Å². The molecular formula is C27H23N5O6. The van der Waals surface area contributed by atoms with E-state index in [0.29, 0.717) is 41.7 Å². The number of carbonyl (C=O) groups excluding carboxylic acids is 2. The fraction of sp³-hybridized carbons (Fsp3) is 0.185. The van der Waals surface area contributed by atoms with Gasteiger partial charge in [-0.25, -0.2) is 14.6 Å². The number of methoxy groups -OCH3 is 2. The van der Waals surface area contributed by atoms with E-state index < -0.39 is 17.9 Å². The van der Waals surface area contributed by atoms with Crippen molar-refractivity contribution in [2.45, 2.75) is 5.92 Å². The standard InChI is InChI=1S/C27H23N5O6/c1-35-26(33)23-22(16-6-4-3-5-7-16)17(14-28)25(29)32(24(23)27(34)36-2)19-13-21-20(37-10-11-38-21)12-18(19)31-9-8-30-15-31/h3-9,12-13,15,22H,10-11,29H2,1-2H3. The molecule has 3 heterocycles. The molecule has 0 amide bonds. The topological polar surface area (TPSA) is 142 Å². The first kappa shape index (κ1) is 24.5. The first-order valence-electron chi connectivity index (χ1n) is 11.6. The predicted octanol–water partition coefficient (Wildman–Crippen LogP) is 2.54. The van der Waals surface area contributed by atoms with Crippen LogP contribution in [0.2, 0.25) is 0 Å². The van der Waals surface area contributed by atoms with Crippen LogP contribution in [0.3, 0.4) is 0 Å². The summed E-state index contributed by atoms with van der Waals surface area (Å²) in [6.45, 7) is 0.674. The number of anilines is 1. The van der Waals surface area contributed by atoms with Gasteiger partial charge in [-0.15, -0.1) is 0 Å². The summed E-state index contributed by atoms with van der Waals surface area (Å²) in [4.78, 5) is 32.2. The Morgan fingerprint density at radius 2 is 1.71 bits per heavy atom. The number of hydrogen-bond acceptors (Lipinski definition) is 10. The normalized spacial score (nSPS) is 16.7. The monoisotopic (exact) mass is 513 g/mol. The van der Waals surface area contributed by atoms with Gasteiger partial charge in [0.05, 0.1) is 55.1 Å². The van der Waals surface area contributed by atoms with E-state index in [1.807, 2.05) is 0 Å². The third-order valence-corrected chi connectivity index (χ3v) is 6.27. The summed E-state index contributed by atoms with van der Waals surface area (Å²) in [7, 11) is 2.39. The largest absolute Gasteiger partial charge is 0.486 e. The third kappa shape index (κ3) is 3.98. The number of rotatable bonds is 5. The Morgan fingerprint density at radius 3 is 2.29 bits per heavy atom. The molecular weight excluding hydrogens is 490 g/mol. The van der Waals surface area contributed by atoms with Crippen LogP contribution >= 0.6 is 0 Å². The second kappa shape index (κ2) is 10.0. The maximum Gasteiger partial charge on any atom is 0.355 e. The van der Waals surface area contributed by atoms with E-state index in [4.69, 9.17) is 24.7 Å². The molecule has 11 heteroatoms. The molecule has 0 radical (unpaired) electrons. The Kier molecular flexibility index (Phi) is 6.45. The zero-order valence-electron chi connectivity index (χ0n) is 20.6. The van der Waals surface area contributed by atoms with Crippen molar-refractivity contribution in [3.05, 3.63) is 89.4 Å². The van der Waals surface area contributed by atoms with Gasteiger partial charge in [0.1, 0.15) is 24.7 Å². The highest BCUT2D eigenvalue weighted by Gasteiger charge is 2.44. The Hall–Kier alpha value is -5.24. The molecule has 1 aromatic heterocycles. The van der Waals surface area contributed by atoms with Gasteiger partial charge in [-0.2, -0.15) is 5.26 Å². The van der Waals surface area contributed by atoms with E-state index in [1.54, 1.807) is 65.8 Å². The van der Waals surface area contributed by atoms with E-state index in [2.05, 4.69) is 11.1 Å². The number of fused-ring (bicyclic) bond motifs is 1. The molecule has 0 spiro atoms. The summed E-state index contributed by atoms with van der Waals surface area (Å²) >= 11 is 0. The van der Waals surface area contributed by atoms with Crippen molar-refractivity contribution in [2.75, 3.05) is 32.3 Å². The number of nitrogens with zero attached hydrogens (tertiary/aromatic N) is 4. The number of allylic oxidation sites excluding steroid dienone is 1. The van der Waals surface area contributed by atoms with Gasteiger partial charge in [-0.05, 0) is 5.56 Å². The quantitative estimate of drug-likeness (QED) is 0.506. The SMILES string of the molecule is COC(=O)C1=C(C(=O)OC)N(c2cc3c(cc2-n2ccnc2)OCCO3)C(N)=C(C#N)C1c1ccccc1. The van der Waals surface area contributed by atoms with E-state index in [0.717, 1.165) is 0 Å². The molecule has 3 aromatic rings. The average Bonchev–Trinajstić information content (AvgIpc) is 3.50. The molecule has 11 nitrogen and oxygen atoms in total. The number of imidazole rings is 1. The molecule has 0 bridgehead atoms. The number of carbonyl (C=O) groups is 2. The molecule has 1 unspecified atom stereocenters. The lowest BCUT2D eigenvalue weighted by Gasteiger charge is -2.37. The molecule has 0 aliphatic carbocycles. The molecule has 2 aliphatic rings. The summed E-state index contributed by atoms with van der Waals surface area (Å²) in [5, 5.41) is 10.3. The van der Waals surface area contributed by atoms with Crippen LogP contribution in [0.1, 0.15) is 11.5 Å². The number of benzene rings is 2. The molecule has 1 atom stereocenters. The van der Waals surface area contributed by atoms with E-state index in [9.17, 15) is 14.9 Å². The van der Waals surface area contributed by atoms with E-state index in [1.165, 1.54) is 19.1 Å². The van der Waals surface area contributed by atoms with Gasteiger partial charge in [0.25, 0.3) is 0 Å². The maximum absolute atomic E-state index is 13.4.